The molecule has 0 aliphatic carbocycles. The summed E-state index contributed by atoms with van der Waals surface area (Å²) in [6.07, 6.45) is 6.46. The fraction of sp³-hybridized carbons (Fsp3) is 0.867. The number of piperidine rings is 1. The lowest BCUT2D eigenvalue weighted by Crippen LogP contribution is -2.39. The van der Waals surface area contributed by atoms with Crippen LogP contribution in [0.2, 0.25) is 0 Å². The minimum Gasteiger partial charge on any atom is -0.466 e. The number of hydrogen-bond donors (Lipinski definition) is 2. The van der Waals surface area contributed by atoms with E-state index in [0.29, 0.717) is 50.4 Å². The molecular formula is C15H27ClN2O3. The van der Waals surface area contributed by atoms with Crippen LogP contribution < -0.4 is 10.6 Å². The Bertz CT molecular complexity index is 340. The smallest absolute Gasteiger partial charge is 0.305 e. The van der Waals surface area contributed by atoms with E-state index in [1.807, 2.05) is 0 Å². The van der Waals surface area contributed by atoms with Crippen molar-refractivity contribution in [2.45, 2.75) is 64.0 Å². The van der Waals surface area contributed by atoms with Gasteiger partial charge in [0.2, 0.25) is 5.91 Å². The Kier molecular flexibility index (Phi) is 8.04. The average Bonchev–Trinajstić information content (AvgIpc) is 2.74. The summed E-state index contributed by atoms with van der Waals surface area (Å²) in [4.78, 5) is 23.0. The van der Waals surface area contributed by atoms with Crippen molar-refractivity contribution in [2.75, 3.05) is 13.2 Å². The van der Waals surface area contributed by atoms with Crippen molar-refractivity contribution in [1.82, 2.24) is 10.6 Å². The molecule has 2 fully saturated rings. The molecule has 6 heteroatoms. The molecule has 2 atom stereocenters. The maximum atomic E-state index is 11.9. The monoisotopic (exact) mass is 318 g/mol. The molecule has 2 saturated heterocycles. The molecule has 0 spiro atoms. The highest BCUT2D eigenvalue weighted by molar-refractivity contribution is 5.85. The number of hydrogen-bond acceptors (Lipinski definition) is 4. The van der Waals surface area contributed by atoms with E-state index in [1.165, 1.54) is 12.8 Å². The summed E-state index contributed by atoms with van der Waals surface area (Å²) in [6.45, 7) is 2.78. The van der Waals surface area contributed by atoms with Crippen molar-refractivity contribution in [3.8, 4) is 0 Å². The van der Waals surface area contributed by atoms with E-state index in [0.717, 1.165) is 12.8 Å². The van der Waals surface area contributed by atoms with Crippen LogP contribution in [-0.2, 0) is 14.3 Å². The molecule has 2 N–H and O–H groups in total. The van der Waals surface area contributed by atoms with Gasteiger partial charge in [0.15, 0.2) is 0 Å². The van der Waals surface area contributed by atoms with Crippen LogP contribution in [0.5, 0.6) is 0 Å². The molecule has 2 bridgehead atoms. The second-order valence-corrected chi connectivity index (χ2v) is 5.94. The number of carbonyl (C=O) groups excluding carboxylic acids is 2. The molecule has 0 aromatic carbocycles. The van der Waals surface area contributed by atoms with Crippen LogP contribution >= 0.6 is 12.4 Å². The topological polar surface area (TPSA) is 67.4 Å². The summed E-state index contributed by atoms with van der Waals surface area (Å²) in [5.41, 5.74) is 0. The molecule has 2 unspecified atom stereocenters. The van der Waals surface area contributed by atoms with E-state index in [4.69, 9.17) is 4.74 Å². The molecule has 0 aromatic heterocycles. The molecule has 122 valence electrons. The third kappa shape index (κ3) is 6.22. The Morgan fingerprint density at radius 2 is 1.90 bits per heavy atom. The number of ether oxygens (including phenoxy) is 1. The summed E-state index contributed by atoms with van der Waals surface area (Å²) in [5.74, 6) is 0.468. The van der Waals surface area contributed by atoms with Crippen molar-refractivity contribution in [3.63, 3.8) is 0 Å². The Labute approximate surface area is 133 Å². The number of carbonyl (C=O) groups is 2. The van der Waals surface area contributed by atoms with Gasteiger partial charge in [-0.15, -0.1) is 12.4 Å². The standard InChI is InChI=1S/C15H26N2O3.ClH/c1-2-20-15(19)4-3-7-16-14(18)10-11-8-12-5-6-13(9-11)17-12;/h11-13,17H,2-10H2,1H3,(H,16,18);1H. The summed E-state index contributed by atoms with van der Waals surface area (Å²) < 4.78 is 4.84. The van der Waals surface area contributed by atoms with Crippen LogP contribution in [0.3, 0.4) is 0 Å². The van der Waals surface area contributed by atoms with Gasteiger partial charge >= 0.3 is 5.97 Å². The lowest BCUT2D eigenvalue weighted by atomic mass is 9.89. The number of esters is 1. The Morgan fingerprint density at radius 1 is 1.24 bits per heavy atom. The van der Waals surface area contributed by atoms with Crippen LogP contribution in [0.25, 0.3) is 0 Å². The molecule has 2 aliphatic rings. The number of halogens is 1. The van der Waals surface area contributed by atoms with Gasteiger partial charge in [-0.05, 0) is 44.9 Å². The number of fused-ring (bicyclic) bond motifs is 2. The van der Waals surface area contributed by atoms with Gasteiger partial charge in [-0.2, -0.15) is 0 Å². The van der Waals surface area contributed by atoms with E-state index in [-0.39, 0.29) is 24.3 Å². The molecule has 0 aromatic rings. The van der Waals surface area contributed by atoms with Crippen molar-refractivity contribution < 1.29 is 14.3 Å². The van der Waals surface area contributed by atoms with Gasteiger partial charge in [0.1, 0.15) is 0 Å². The molecule has 5 nitrogen and oxygen atoms in total. The van der Waals surface area contributed by atoms with Gasteiger partial charge in [0.25, 0.3) is 0 Å². The number of amides is 1. The molecule has 2 rings (SSSR count). The predicted molar refractivity (Wildman–Crippen MR) is 83.4 cm³/mol. The minimum atomic E-state index is -0.184. The molecule has 2 heterocycles. The Hall–Kier alpha value is -0.810. The zero-order valence-electron chi connectivity index (χ0n) is 12.7. The van der Waals surface area contributed by atoms with Gasteiger partial charge in [0, 0.05) is 31.5 Å². The van der Waals surface area contributed by atoms with Gasteiger partial charge in [-0.25, -0.2) is 0 Å². The summed E-state index contributed by atoms with van der Waals surface area (Å²) >= 11 is 0. The Balaban J connectivity index is 0.00000220. The highest BCUT2D eigenvalue weighted by atomic mass is 35.5. The molecule has 21 heavy (non-hydrogen) atoms. The van der Waals surface area contributed by atoms with Crippen LogP contribution in [0.1, 0.15) is 51.9 Å². The third-order valence-electron chi connectivity index (χ3n) is 4.23. The third-order valence-corrected chi connectivity index (χ3v) is 4.23. The summed E-state index contributed by atoms with van der Waals surface area (Å²) in [5, 5.41) is 6.50. The second-order valence-electron chi connectivity index (χ2n) is 5.94. The van der Waals surface area contributed by atoms with Crippen molar-refractivity contribution in [1.29, 1.82) is 0 Å². The lowest BCUT2D eigenvalue weighted by molar-refractivity contribution is -0.143. The fourth-order valence-corrected chi connectivity index (χ4v) is 3.37. The van der Waals surface area contributed by atoms with Crippen molar-refractivity contribution in [3.05, 3.63) is 0 Å². The maximum Gasteiger partial charge on any atom is 0.305 e. The van der Waals surface area contributed by atoms with Gasteiger partial charge in [-0.3, -0.25) is 9.59 Å². The van der Waals surface area contributed by atoms with Crippen LogP contribution in [0, 0.1) is 5.92 Å². The lowest BCUT2D eigenvalue weighted by Gasteiger charge is -2.28. The highest BCUT2D eigenvalue weighted by Crippen LogP contribution is 2.32. The first-order chi connectivity index (χ1) is 9.67. The van der Waals surface area contributed by atoms with Crippen molar-refractivity contribution >= 4 is 24.3 Å². The van der Waals surface area contributed by atoms with Crippen LogP contribution in [0.4, 0.5) is 0 Å². The van der Waals surface area contributed by atoms with E-state index in [2.05, 4.69) is 10.6 Å². The SMILES string of the molecule is CCOC(=O)CCCNC(=O)CC1CC2CCC(C1)N2.Cl. The highest BCUT2D eigenvalue weighted by Gasteiger charge is 2.33. The van der Waals surface area contributed by atoms with E-state index < -0.39 is 0 Å². The second kappa shape index (κ2) is 9.26. The summed E-state index contributed by atoms with van der Waals surface area (Å²) in [7, 11) is 0. The molecule has 2 aliphatic heterocycles. The van der Waals surface area contributed by atoms with E-state index in [9.17, 15) is 9.59 Å². The molecule has 0 saturated carbocycles. The van der Waals surface area contributed by atoms with E-state index >= 15 is 0 Å². The van der Waals surface area contributed by atoms with Crippen LogP contribution in [0.15, 0.2) is 0 Å². The molecule has 0 radical (unpaired) electrons. The number of rotatable bonds is 7. The van der Waals surface area contributed by atoms with Crippen LogP contribution in [-0.4, -0.2) is 37.1 Å². The zero-order valence-corrected chi connectivity index (χ0v) is 13.5. The zero-order chi connectivity index (χ0) is 14.4. The quantitative estimate of drug-likeness (QED) is 0.555. The first-order valence-electron chi connectivity index (χ1n) is 7.85. The first kappa shape index (κ1) is 18.2. The maximum absolute atomic E-state index is 11.9. The fourth-order valence-electron chi connectivity index (χ4n) is 3.37. The van der Waals surface area contributed by atoms with Gasteiger partial charge in [0.05, 0.1) is 6.61 Å². The van der Waals surface area contributed by atoms with Crippen molar-refractivity contribution in [2.24, 2.45) is 5.92 Å². The van der Waals surface area contributed by atoms with Gasteiger partial charge in [-0.1, -0.05) is 0 Å². The molecule has 1 amide bonds. The average molecular weight is 319 g/mol. The molecular weight excluding hydrogens is 292 g/mol. The van der Waals surface area contributed by atoms with E-state index in [1.54, 1.807) is 6.92 Å². The summed E-state index contributed by atoms with van der Waals surface area (Å²) in [6, 6.07) is 1.27. The predicted octanol–water partition coefficient (Wildman–Crippen LogP) is 1.79. The minimum absolute atomic E-state index is 0. The number of nitrogens with one attached hydrogen (secondary N) is 2. The van der Waals surface area contributed by atoms with Gasteiger partial charge < -0.3 is 15.4 Å². The first-order valence-corrected chi connectivity index (χ1v) is 7.85. The largest absolute Gasteiger partial charge is 0.466 e. The Morgan fingerprint density at radius 3 is 2.52 bits per heavy atom. The normalized spacial score (nSPS) is 26.8.